The van der Waals surface area contributed by atoms with Crippen LogP contribution in [-0.4, -0.2) is 33.1 Å². The van der Waals surface area contributed by atoms with Crippen molar-refractivity contribution in [3.8, 4) is 11.5 Å². The summed E-state index contributed by atoms with van der Waals surface area (Å²) in [6.07, 6.45) is 0. The predicted molar refractivity (Wildman–Crippen MR) is 120 cm³/mol. The maximum Gasteiger partial charge on any atom is 0.282 e. The van der Waals surface area contributed by atoms with E-state index in [0.29, 0.717) is 34.0 Å². The summed E-state index contributed by atoms with van der Waals surface area (Å²) in [5.41, 5.74) is 2.50. The average molecular weight is 414 g/mol. The molecule has 0 fully saturated rings. The van der Waals surface area contributed by atoms with Crippen molar-refractivity contribution in [2.45, 2.75) is 0 Å². The molecular weight excluding hydrogens is 392 g/mol. The number of carbonyl (C=O) groups is 2. The van der Waals surface area contributed by atoms with Gasteiger partial charge >= 0.3 is 0 Å². The summed E-state index contributed by atoms with van der Waals surface area (Å²) in [5, 5.41) is 0. The van der Waals surface area contributed by atoms with Crippen LogP contribution in [0.3, 0.4) is 0 Å². The number of benzene rings is 3. The first-order chi connectivity index (χ1) is 15.1. The van der Waals surface area contributed by atoms with E-state index in [1.807, 2.05) is 36.4 Å². The number of ether oxygens (including phenoxy) is 2. The van der Waals surface area contributed by atoms with Gasteiger partial charge in [0.05, 0.1) is 25.5 Å². The zero-order chi connectivity index (χ0) is 22.0. The number of methoxy groups -OCH3 is 2. The van der Waals surface area contributed by atoms with Crippen LogP contribution in [0.15, 0.2) is 84.6 Å². The first kappa shape index (κ1) is 20.2. The summed E-state index contributed by atoms with van der Waals surface area (Å²) in [4.78, 5) is 30.1. The molecule has 31 heavy (non-hydrogen) atoms. The molecule has 0 aliphatic carbocycles. The van der Waals surface area contributed by atoms with E-state index in [1.54, 1.807) is 61.5 Å². The third-order valence-electron chi connectivity index (χ3n) is 5.22. The fraction of sp³-hybridized carbons (Fsp3) is 0.120. The lowest BCUT2D eigenvalue weighted by atomic mass is 10.0. The molecule has 0 bridgehead atoms. The van der Waals surface area contributed by atoms with Crippen LogP contribution in [-0.2, 0) is 9.59 Å². The van der Waals surface area contributed by atoms with Gasteiger partial charge in [-0.15, -0.1) is 0 Å². The van der Waals surface area contributed by atoms with Crippen molar-refractivity contribution in [1.82, 2.24) is 0 Å². The Morgan fingerprint density at radius 1 is 0.742 bits per heavy atom. The van der Waals surface area contributed by atoms with Crippen molar-refractivity contribution in [2.24, 2.45) is 0 Å². The third-order valence-corrected chi connectivity index (χ3v) is 5.22. The number of anilines is 2. The fourth-order valence-corrected chi connectivity index (χ4v) is 3.67. The lowest BCUT2D eigenvalue weighted by Gasteiger charge is -2.21. The molecular formula is C25H22N2O4. The zero-order valence-corrected chi connectivity index (χ0v) is 17.5. The second-order valence-electron chi connectivity index (χ2n) is 6.97. The Hall–Kier alpha value is -4.06. The maximum atomic E-state index is 13.6. The minimum absolute atomic E-state index is 0.298. The van der Waals surface area contributed by atoms with Crippen molar-refractivity contribution in [1.29, 1.82) is 0 Å². The molecule has 1 heterocycles. The average Bonchev–Trinajstić information content (AvgIpc) is 3.09. The number of hydrogen-bond donors (Lipinski definition) is 0. The minimum atomic E-state index is -0.388. The van der Waals surface area contributed by atoms with Gasteiger partial charge in [-0.25, -0.2) is 4.90 Å². The number of para-hydroxylation sites is 2. The van der Waals surface area contributed by atoms with E-state index in [-0.39, 0.29) is 11.8 Å². The first-order valence-corrected chi connectivity index (χ1v) is 9.76. The van der Waals surface area contributed by atoms with Gasteiger partial charge in [0.15, 0.2) is 11.5 Å². The van der Waals surface area contributed by atoms with E-state index in [0.717, 1.165) is 5.69 Å². The molecule has 2 amide bonds. The Balaban J connectivity index is 1.90. The fourth-order valence-electron chi connectivity index (χ4n) is 3.67. The van der Waals surface area contributed by atoms with E-state index >= 15 is 0 Å². The largest absolute Gasteiger partial charge is 0.493 e. The Morgan fingerprint density at radius 3 is 1.97 bits per heavy atom. The topological polar surface area (TPSA) is 59.1 Å². The summed E-state index contributed by atoms with van der Waals surface area (Å²) in [6, 6.07) is 23.6. The van der Waals surface area contributed by atoms with Crippen LogP contribution < -0.4 is 19.3 Å². The van der Waals surface area contributed by atoms with Crippen molar-refractivity contribution >= 4 is 28.8 Å². The smallest absolute Gasteiger partial charge is 0.282 e. The third kappa shape index (κ3) is 3.53. The Bertz CT molecular complexity index is 1160. The highest BCUT2D eigenvalue weighted by molar-refractivity contribution is 6.46. The van der Waals surface area contributed by atoms with Crippen molar-refractivity contribution in [3.05, 3.63) is 90.1 Å². The highest BCUT2D eigenvalue weighted by atomic mass is 16.5. The second kappa shape index (κ2) is 8.36. The number of likely N-dealkylation sites (N-methyl/N-ethyl adjacent to an activating group) is 1. The van der Waals surface area contributed by atoms with Gasteiger partial charge in [0, 0.05) is 12.7 Å². The maximum absolute atomic E-state index is 13.6. The summed E-state index contributed by atoms with van der Waals surface area (Å²) < 4.78 is 10.7. The molecule has 1 aliphatic heterocycles. The highest BCUT2D eigenvalue weighted by Gasteiger charge is 2.42. The molecule has 6 nitrogen and oxygen atoms in total. The van der Waals surface area contributed by atoms with Crippen molar-refractivity contribution in [2.75, 3.05) is 31.1 Å². The quantitative estimate of drug-likeness (QED) is 0.568. The van der Waals surface area contributed by atoms with Crippen LogP contribution in [0.1, 0.15) is 5.56 Å². The van der Waals surface area contributed by atoms with Crippen LogP contribution in [0.4, 0.5) is 11.4 Å². The first-order valence-electron chi connectivity index (χ1n) is 9.76. The number of amides is 2. The van der Waals surface area contributed by atoms with Crippen LogP contribution in [0.2, 0.25) is 0 Å². The molecule has 0 unspecified atom stereocenters. The predicted octanol–water partition coefficient (Wildman–Crippen LogP) is 4.12. The van der Waals surface area contributed by atoms with E-state index in [9.17, 15) is 9.59 Å². The molecule has 0 saturated heterocycles. The summed E-state index contributed by atoms with van der Waals surface area (Å²) in [6.45, 7) is 0. The number of nitrogens with zero attached hydrogens (tertiary/aromatic N) is 2. The van der Waals surface area contributed by atoms with Gasteiger partial charge in [0.25, 0.3) is 11.8 Å². The molecule has 0 radical (unpaired) electrons. The Labute approximate surface area is 180 Å². The van der Waals surface area contributed by atoms with E-state index in [2.05, 4.69) is 0 Å². The van der Waals surface area contributed by atoms with Crippen LogP contribution >= 0.6 is 0 Å². The standard InChI is InChI=1S/C25H22N2O4/c1-26(18-10-6-4-7-11-18)23-22(17-14-15-20(30-2)21(16-17)31-3)24(28)27(25(23)29)19-12-8-5-9-13-19/h4-16H,1-3H3. The van der Waals surface area contributed by atoms with Gasteiger partial charge in [0.1, 0.15) is 5.70 Å². The molecule has 3 aromatic carbocycles. The summed E-state index contributed by atoms with van der Waals surface area (Å²) >= 11 is 0. The number of carbonyl (C=O) groups excluding carboxylic acids is 2. The highest BCUT2D eigenvalue weighted by Crippen LogP contribution is 2.38. The molecule has 6 heteroatoms. The van der Waals surface area contributed by atoms with Crippen LogP contribution in [0.5, 0.6) is 11.5 Å². The molecule has 3 aromatic rings. The molecule has 0 atom stereocenters. The summed E-state index contributed by atoms with van der Waals surface area (Å²) in [7, 11) is 4.86. The van der Waals surface area contributed by atoms with Crippen molar-refractivity contribution < 1.29 is 19.1 Å². The van der Waals surface area contributed by atoms with Gasteiger partial charge in [0.2, 0.25) is 0 Å². The van der Waals surface area contributed by atoms with E-state index in [4.69, 9.17) is 9.47 Å². The van der Waals surface area contributed by atoms with Gasteiger partial charge in [-0.05, 0) is 42.0 Å². The lowest BCUT2D eigenvalue weighted by Crippen LogP contribution is -2.34. The van der Waals surface area contributed by atoms with Gasteiger partial charge in [-0.1, -0.05) is 42.5 Å². The SMILES string of the molecule is COc1ccc(C2=C(N(C)c3ccccc3)C(=O)N(c3ccccc3)C2=O)cc1OC. The molecule has 1 aliphatic rings. The van der Waals surface area contributed by atoms with Crippen LogP contribution in [0.25, 0.3) is 5.57 Å². The number of imide groups is 1. The van der Waals surface area contributed by atoms with Gasteiger partial charge in [-0.3, -0.25) is 9.59 Å². The lowest BCUT2D eigenvalue weighted by molar-refractivity contribution is -0.120. The Kier molecular flexibility index (Phi) is 5.45. The van der Waals surface area contributed by atoms with E-state index < -0.39 is 0 Å². The zero-order valence-electron chi connectivity index (χ0n) is 17.5. The molecule has 0 N–H and O–H groups in total. The molecule has 0 saturated carbocycles. The number of rotatable bonds is 6. The van der Waals surface area contributed by atoms with Crippen molar-refractivity contribution in [3.63, 3.8) is 0 Å². The monoisotopic (exact) mass is 414 g/mol. The van der Waals surface area contributed by atoms with E-state index in [1.165, 1.54) is 12.0 Å². The molecule has 156 valence electrons. The van der Waals surface area contributed by atoms with Crippen LogP contribution in [0, 0.1) is 0 Å². The molecule has 4 rings (SSSR count). The molecule has 0 spiro atoms. The minimum Gasteiger partial charge on any atom is -0.493 e. The normalized spacial score (nSPS) is 13.6. The van der Waals surface area contributed by atoms with Gasteiger partial charge in [-0.2, -0.15) is 0 Å². The second-order valence-corrected chi connectivity index (χ2v) is 6.97. The summed E-state index contributed by atoms with van der Waals surface area (Å²) in [5.74, 6) is 0.252. The molecule has 0 aromatic heterocycles. The number of hydrogen-bond acceptors (Lipinski definition) is 5. The van der Waals surface area contributed by atoms with Gasteiger partial charge < -0.3 is 14.4 Å². The Morgan fingerprint density at radius 2 is 1.35 bits per heavy atom.